The zero-order chi connectivity index (χ0) is 17.2. The van der Waals surface area contributed by atoms with Crippen LogP contribution < -0.4 is 10.2 Å². The van der Waals surface area contributed by atoms with Gasteiger partial charge in [-0.05, 0) is 37.6 Å². The molecule has 1 atom stereocenters. The van der Waals surface area contributed by atoms with Gasteiger partial charge in [-0.15, -0.1) is 0 Å². The predicted molar refractivity (Wildman–Crippen MR) is 92.7 cm³/mol. The summed E-state index contributed by atoms with van der Waals surface area (Å²) in [4.78, 5) is 6.14. The first-order valence-electron chi connectivity index (χ1n) is 8.38. The second kappa shape index (κ2) is 6.68. The van der Waals surface area contributed by atoms with Crippen molar-refractivity contribution in [3.63, 3.8) is 0 Å². The number of H-pyrrole nitrogens is 1. The molecule has 2 N–H and O–H groups in total. The molecule has 25 heavy (non-hydrogen) atoms. The molecule has 0 unspecified atom stereocenters. The number of rotatable bonds is 5. The monoisotopic (exact) mass is 341 g/mol. The quantitative estimate of drug-likeness (QED) is 0.747. The Morgan fingerprint density at radius 2 is 2.32 bits per heavy atom. The lowest BCUT2D eigenvalue weighted by Gasteiger charge is -2.18. The second-order valence-electron chi connectivity index (χ2n) is 6.30. The summed E-state index contributed by atoms with van der Waals surface area (Å²) in [5.74, 6) is 1.82. The third-order valence-corrected chi connectivity index (χ3v) is 4.51. The Kier molecular flexibility index (Phi) is 4.23. The van der Waals surface area contributed by atoms with E-state index in [0.717, 1.165) is 42.3 Å². The van der Waals surface area contributed by atoms with Crippen molar-refractivity contribution in [2.24, 2.45) is 0 Å². The van der Waals surface area contributed by atoms with Gasteiger partial charge in [0.15, 0.2) is 17.4 Å². The third-order valence-electron chi connectivity index (χ3n) is 4.51. The smallest absolute Gasteiger partial charge is 0.165 e. The molecule has 0 spiro atoms. The minimum absolute atomic E-state index is 0.270. The lowest BCUT2D eigenvalue weighted by Crippen LogP contribution is -2.32. The molecule has 1 aliphatic heterocycles. The van der Waals surface area contributed by atoms with Gasteiger partial charge in [-0.1, -0.05) is 0 Å². The summed E-state index contributed by atoms with van der Waals surface area (Å²) in [7, 11) is 0. The third kappa shape index (κ3) is 3.28. The van der Waals surface area contributed by atoms with E-state index in [1.54, 1.807) is 12.3 Å². The van der Waals surface area contributed by atoms with Crippen LogP contribution in [0.2, 0.25) is 0 Å². The fraction of sp³-hybridized carbons (Fsp3) is 0.333. The number of furan rings is 1. The highest BCUT2D eigenvalue weighted by atomic mass is 19.1. The normalized spacial score (nSPS) is 17.4. The number of aryl methyl sites for hydroxylation is 1. The van der Waals surface area contributed by atoms with Crippen molar-refractivity contribution in [2.45, 2.75) is 25.9 Å². The lowest BCUT2D eigenvalue weighted by atomic mass is 10.2. The topological polar surface area (TPSA) is 70.0 Å². The van der Waals surface area contributed by atoms with Gasteiger partial charge in [0.1, 0.15) is 11.5 Å². The van der Waals surface area contributed by atoms with Crippen molar-refractivity contribution in [1.82, 2.24) is 20.5 Å². The first kappa shape index (κ1) is 15.8. The van der Waals surface area contributed by atoms with Crippen molar-refractivity contribution in [3.8, 4) is 11.5 Å². The van der Waals surface area contributed by atoms with Crippen LogP contribution >= 0.6 is 0 Å². The van der Waals surface area contributed by atoms with Crippen molar-refractivity contribution < 1.29 is 8.81 Å². The van der Waals surface area contributed by atoms with Gasteiger partial charge in [-0.25, -0.2) is 9.37 Å². The van der Waals surface area contributed by atoms with Gasteiger partial charge in [-0.2, -0.15) is 5.10 Å². The average Bonchev–Trinajstić information content (AvgIpc) is 3.33. The summed E-state index contributed by atoms with van der Waals surface area (Å²) in [5.41, 5.74) is 1.95. The standard InChI is InChI=1S/C18H20FN5O/c1-12-4-5-16(25-12)17-13(10-22-23-17)9-21-14-6-8-24(11-14)18-15(19)3-2-7-20-18/h2-5,7,10,14,21H,6,8-9,11H2,1H3,(H,22,23)/t14-/m1/s1. The second-order valence-corrected chi connectivity index (χ2v) is 6.30. The van der Waals surface area contributed by atoms with Gasteiger partial charge in [0, 0.05) is 37.4 Å². The summed E-state index contributed by atoms with van der Waals surface area (Å²) < 4.78 is 19.5. The molecule has 130 valence electrons. The molecule has 1 aliphatic rings. The molecule has 0 saturated carbocycles. The summed E-state index contributed by atoms with van der Waals surface area (Å²) in [5, 5.41) is 10.7. The molecule has 0 radical (unpaired) electrons. The Morgan fingerprint density at radius 1 is 1.40 bits per heavy atom. The highest BCUT2D eigenvalue weighted by Crippen LogP contribution is 2.24. The van der Waals surface area contributed by atoms with E-state index in [2.05, 4.69) is 20.5 Å². The molecule has 3 aromatic rings. The minimum Gasteiger partial charge on any atom is -0.460 e. The van der Waals surface area contributed by atoms with E-state index < -0.39 is 0 Å². The number of aromatic amines is 1. The van der Waals surface area contributed by atoms with Crippen LogP contribution in [0.4, 0.5) is 10.2 Å². The fourth-order valence-corrected chi connectivity index (χ4v) is 3.21. The van der Waals surface area contributed by atoms with Gasteiger partial charge in [0.25, 0.3) is 0 Å². The van der Waals surface area contributed by atoms with Gasteiger partial charge in [0.05, 0.1) is 6.20 Å². The molecule has 0 amide bonds. The van der Waals surface area contributed by atoms with E-state index >= 15 is 0 Å². The minimum atomic E-state index is -0.270. The van der Waals surface area contributed by atoms with E-state index in [-0.39, 0.29) is 11.9 Å². The molecule has 6 nitrogen and oxygen atoms in total. The van der Waals surface area contributed by atoms with Crippen LogP contribution in [0.25, 0.3) is 11.5 Å². The molecule has 4 heterocycles. The lowest BCUT2D eigenvalue weighted by molar-refractivity contribution is 0.538. The maximum absolute atomic E-state index is 13.9. The maximum Gasteiger partial charge on any atom is 0.165 e. The molecular weight excluding hydrogens is 321 g/mol. The predicted octanol–water partition coefficient (Wildman–Crippen LogP) is 2.88. The first-order valence-corrected chi connectivity index (χ1v) is 8.38. The van der Waals surface area contributed by atoms with Crippen molar-refractivity contribution in [1.29, 1.82) is 0 Å². The van der Waals surface area contributed by atoms with Gasteiger partial charge < -0.3 is 14.6 Å². The van der Waals surface area contributed by atoms with Gasteiger partial charge >= 0.3 is 0 Å². The summed E-state index contributed by atoms with van der Waals surface area (Å²) in [6.07, 6.45) is 4.39. The van der Waals surface area contributed by atoms with Gasteiger partial charge in [0.2, 0.25) is 0 Å². The SMILES string of the molecule is Cc1ccc(-c2[nH]ncc2CN[C@@H]2CCN(c3ncccc3F)C2)o1. The molecule has 7 heteroatoms. The Bertz CT molecular complexity index is 859. The summed E-state index contributed by atoms with van der Waals surface area (Å²) >= 11 is 0. The van der Waals surface area contributed by atoms with Crippen LogP contribution in [-0.4, -0.2) is 34.3 Å². The molecular formula is C18H20FN5O. The first-order chi connectivity index (χ1) is 12.2. The molecule has 0 bridgehead atoms. The molecule has 0 aliphatic carbocycles. The number of hydrogen-bond donors (Lipinski definition) is 2. The number of halogens is 1. The molecule has 4 rings (SSSR count). The van der Waals surface area contributed by atoms with Gasteiger partial charge in [-0.3, -0.25) is 5.10 Å². The van der Waals surface area contributed by atoms with Crippen molar-refractivity contribution in [3.05, 3.63) is 53.8 Å². The van der Waals surface area contributed by atoms with E-state index in [4.69, 9.17) is 4.42 Å². The molecule has 1 fully saturated rings. The zero-order valence-corrected chi connectivity index (χ0v) is 14.0. The number of hydrogen-bond acceptors (Lipinski definition) is 5. The van der Waals surface area contributed by atoms with E-state index in [1.807, 2.05) is 30.2 Å². The van der Waals surface area contributed by atoms with E-state index in [1.165, 1.54) is 6.07 Å². The number of anilines is 1. The number of aromatic nitrogens is 3. The fourth-order valence-electron chi connectivity index (χ4n) is 3.21. The number of nitrogens with zero attached hydrogens (tertiary/aromatic N) is 3. The van der Waals surface area contributed by atoms with Crippen LogP contribution in [0.1, 0.15) is 17.7 Å². The van der Waals surface area contributed by atoms with Crippen LogP contribution in [0.5, 0.6) is 0 Å². The Hall–Kier alpha value is -2.67. The summed E-state index contributed by atoms with van der Waals surface area (Å²) in [6, 6.07) is 7.22. The molecule has 1 saturated heterocycles. The average molecular weight is 341 g/mol. The van der Waals surface area contributed by atoms with Crippen LogP contribution in [0, 0.1) is 12.7 Å². The van der Waals surface area contributed by atoms with E-state index in [0.29, 0.717) is 12.4 Å². The van der Waals surface area contributed by atoms with E-state index in [9.17, 15) is 4.39 Å². The van der Waals surface area contributed by atoms with Crippen LogP contribution in [0.15, 0.2) is 41.1 Å². The Balaban J connectivity index is 1.39. The van der Waals surface area contributed by atoms with Crippen LogP contribution in [0.3, 0.4) is 0 Å². The number of nitrogens with one attached hydrogen (secondary N) is 2. The van der Waals surface area contributed by atoms with Crippen molar-refractivity contribution >= 4 is 5.82 Å². The molecule has 0 aromatic carbocycles. The zero-order valence-electron chi connectivity index (χ0n) is 14.0. The van der Waals surface area contributed by atoms with Crippen LogP contribution in [-0.2, 0) is 6.54 Å². The highest BCUT2D eigenvalue weighted by Gasteiger charge is 2.25. The number of pyridine rings is 1. The Labute approximate surface area is 145 Å². The summed E-state index contributed by atoms with van der Waals surface area (Å²) in [6.45, 7) is 4.12. The maximum atomic E-state index is 13.9. The van der Waals surface area contributed by atoms with Crippen molar-refractivity contribution in [2.75, 3.05) is 18.0 Å². The highest BCUT2D eigenvalue weighted by molar-refractivity contribution is 5.56. The Morgan fingerprint density at radius 3 is 3.12 bits per heavy atom. The largest absolute Gasteiger partial charge is 0.460 e. The molecule has 3 aromatic heterocycles.